The van der Waals surface area contributed by atoms with E-state index in [1.165, 1.54) is 127 Å². The number of aliphatic hydroxyl groups excluding tert-OH is 8. The molecule has 9 aromatic carbocycles. The summed E-state index contributed by atoms with van der Waals surface area (Å²) in [5.41, 5.74) is 31.4. The van der Waals surface area contributed by atoms with Gasteiger partial charge in [-0.05, 0) is 179 Å². The van der Waals surface area contributed by atoms with Crippen LogP contribution in [-0.2, 0) is 104 Å². The smallest absolute Gasteiger partial charge is 0.0550 e. The molecule has 8 N–H and O–H groups in total. The van der Waals surface area contributed by atoms with Crippen LogP contribution in [0.2, 0.25) is 0 Å². The molecule has 17 nitrogen and oxygen atoms in total. The van der Waals surface area contributed by atoms with Gasteiger partial charge in [0.15, 0.2) is 0 Å². The third kappa shape index (κ3) is 25.1. The van der Waals surface area contributed by atoms with Crippen molar-refractivity contribution in [1.29, 1.82) is 0 Å². The molecule has 0 amide bonds. The topological polar surface area (TPSA) is 268 Å². The summed E-state index contributed by atoms with van der Waals surface area (Å²) in [7, 11) is 0. The maximum absolute atomic E-state index is 8.56. The van der Waals surface area contributed by atoms with Gasteiger partial charge in [-0.25, -0.2) is 0 Å². The van der Waals surface area contributed by atoms with E-state index in [-0.39, 0.29) is 140 Å². The van der Waals surface area contributed by atoms with Gasteiger partial charge in [-0.15, -0.1) is 117 Å². The van der Waals surface area contributed by atoms with Crippen LogP contribution in [0.4, 0.5) is 5.69 Å². The van der Waals surface area contributed by atoms with Crippen molar-refractivity contribution in [3.63, 3.8) is 0 Å². The van der Waals surface area contributed by atoms with Gasteiger partial charge in [0.05, 0.1) is 54.2 Å². The molecular weight excluding hydrogens is 2250 g/mol. The summed E-state index contributed by atoms with van der Waals surface area (Å²) in [5.74, 6) is 0. The Morgan fingerprint density at radius 3 is 1.03 bits per heavy atom. The van der Waals surface area contributed by atoms with Crippen molar-refractivity contribution in [3.05, 3.63) is 305 Å². The van der Waals surface area contributed by atoms with Gasteiger partial charge >= 0.3 is 0 Å². The zero-order valence-corrected chi connectivity index (χ0v) is 81.9. The van der Waals surface area contributed by atoms with Crippen LogP contribution in [0.1, 0.15) is 175 Å². The van der Waals surface area contributed by atoms with E-state index in [9.17, 15) is 0 Å². The summed E-state index contributed by atoms with van der Waals surface area (Å²) in [5, 5.41) is 70.9. The van der Waals surface area contributed by atoms with Crippen LogP contribution >= 0.6 is 0 Å². The fraction of sp³-hybridized carbons (Fsp3) is 0.333. The van der Waals surface area contributed by atoms with Crippen molar-refractivity contribution in [2.75, 3.05) is 18.0 Å². The number of aromatic nitrogens is 8. The quantitative estimate of drug-likeness (QED) is 0.0528. The molecule has 2 aliphatic heterocycles. The van der Waals surface area contributed by atoms with E-state index in [4.69, 9.17) is 40.9 Å². The van der Waals surface area contributed by atoms with Crippen LogP contribution in [-0.4, -0.2) is 143 Å². The molecule has 8 unspecified atom stereocenters. The number of rotatable bonds is 12. The van der Waals surface area contributed by atoms with Gasteiger partial charge in [0.25, 0.3) is 0 Å². The summed E-state index contributed by atoms with van der Waals surface area (Å²) in [6.07, 6.45) is 17.6. The number of hydrogen-bond donors (Lipinski definition) is 8. The van der Waals surface area contributed by atoms with Crippen LogP contribution in [0.15, 0.2) is 213 Å². The van der Waals surface area contributed by atoms with E-state index in [1.807, 2.05) is 45.9 Å². The number of benzene rings is 9. The third-order valence-corrected chi connectivity index (χ3v) is 21.6. The fourth-order valence-corrected chi connectivity index (χ4v) is 16.7. The summed E-state index contributed by atoms with van der Waals surface area (Å²) >= 11 is 0. The summed E-state index contributed by atoms with van der Waals surface area (Å²) in [6, 6.07) is 72.4. The molecule has 3 aliphatic carbocycles. The van der Waals surface area contributed by atoms with Crippen molar-refractivity contribution < 1.29 is 121 Å². The Hall–Kier alpha value is -8.36. The van der Waals surface area contributed by atoms with Crippen molar-refractivity contribution >= 4 is 16.5 Å². The molecule has 0 saturated carbocycles. The molecule has 5 aliphatic rings. The van der Waals surface area contributed by atoms with Crippen molar-refractivity contribution in [2.45, 2.75) is 208 Å². The van der Waals surface area contributed by atoms with Crippen LogP contribution in [0.25, 0.3) is 89.2 Å². The van der Waals surface area contributed by atoms with Gasteiger partial charge < -0.3 is 65.7 Å². The number of anilines is 1. The third-order valence-electron chi connectivity index (χ3n) is 21.6. The van der Waals surface area contributed by atoms with Crippen LogP contribution < -0.4 is 4.90 Å². The number of nitrogens with zero attached hydrogens (tertiary/aromatic N) is 9. The Bertz CT molecular complexity index is 5400. The first-order valence-corrected chi connectivity index (χ1v) is 41.4. The molecular formula is C102H113Ir4N9O8-4. The predicted octanol–water partition coefficient (Wildman–Crippen LogP) is 18.1. The first kappa shape index (κ1) is 102. The van der Waals surface area contributed by atoms with Gasteiger partial charge in [0.1, 0.15) is 0 Å². The fourth-order valence-electron chi connectivity index (χ4n) is 16.7. The maximum Gasteiger partial charge on any atom is 0.0550 e. The van der Waals surface area contributed by atoms with Gasteiger partial charge in [-0.2, -0.15) is 0 Å². The van der Waals surface area contributed by atoms with Gasteiger partial charge in [0, 0.05) is 189 Å². The minimum atomic E-state index is -0.375. The Labute approximate surface area is 780 Å². The van der Waals surface area contributed by atoms with E-state index in [0.29, 0.717) is 25.7 Å². The Kier molecular flexibility index (Phi) is 39.1. The number of fused-ring (bicyclic) bond motifs is 14. The molecule has 4 radical (unpaired) electrons. The van der Waals surface area contributed by atoms with E-state index in [1.54, 1.807) is 105 Å². The Morgan fingerprint density at radius 1 is 0.333 bits per heavy atom. The monoisotopic (exact) mass is 2360 g/mol. The van der Waals surface area contributed by atoms with Crippen molar-refractivity contribution in [1.82, 2.24) is 39.9 Å². The molecule has 13 aromatic rings. The molecule has 8 atom stereocenters. The van der Waals surface area contributed by atoms with Crippen LogP contribution in [0.5, 0.6) is 0 Å². The number of hydrogen-bond acceptors (Lipinski definition) is 17. The molecule has 0 bridgehead atoms. The molecule has 654 valence electrons. The molecule has 0 fully saturated rings. The molecule has 18 rings (SSSR count). The number of aliphatic hydroxyl groups is 8. The van der Waals surface area contributed by atoms with Gasteiger partial charge in [-0.3, -0.25) is 19.9 Å². The van der Waals surface area contributed by atoms with Crippen molar-refractivity contribution in [3.8, 4) is 78.4 Å². The normalized spacial score (nSPS) is 14.8. The second-order valence-electron chi connectivity index (χ2n) is 32.3. The summed E-state index contributed by atoms with van der Waals surface area (Å²) in [4.78, 5) is 37.9. The van der Waals surface area contributed by atoms with E-state index < -0.39 is 0 Å². The molecule has 6 heterocycles. The standard InChI is InChI=1S/C30H19N2.C20H17N2.C17H18N3.C15H11N2.4C5H12O2.4Ir/c1-19-29(32-17-16-31-19)20-14-15-24-23-10-4-7-13-27(23)30(28(24)18-20)25-11-5-2-8-21(25)22-9-3-6-12-26(22)30;1-13-19(22-11-10-21-13)14-8-9-16-15-6-4-5-7-17(15)20(2,3)18(16)12-14;1-12-16(19-7-6-18-12)15-10-13-4-2-8-20-9-3-5-14(11-15)17(13)20;1-11-15(17-9-8-16-11)14-7-6-12-4-2-3-5-13(12)10-14;4*1-4(6)3-5(2)7;;;;/h2-13,15-18H,1H3;4-7,9-12H,1-3H3;6-7,10H,2-5,8-9H2,1H3;2-6,8-10H,1H3;4*4-7H,3H2,1-2H3;;;;/q4*-1;;;;;;;;. The Morgan fingerprint density at radius 2 is 0.642 bits per heavy atom. The molecule has 0 saturated heterocycles. The molecule has 4 aromatic heterocycles. The Balaban J connectivity index is 0.000000206. The zero-order valence-electron chi connectivity index (χ0n) is 72.3. The van der Waals surface area contributed by atoms with Gasteiger partial charge in [-0.1, -0.05) is 163 Å². The van der Waals surface area contributed by atoms with Crippen LogP contribution in [0, 0.1) is 52.0 Å². The largest absolute Gasteiger partial charge is 0.410 e. The molecule has 21 heteroatoms. The predicted molar refractivity (Wildman–Crippen MR) is 476 cm³/mol. The molecule has 1 spiro atoms. The molecule has 123 heavy (non-hydrogen) atoms. The second-order valence-corrected chi connectivity index (χ2v) is 32.3. The summed E-state index contributed by atoms with van der Waals surface area (Å²) in [6.45, 7) is 28.2. The van der Waals surface area contributed by atoms with E-state index in [0.717, 1.165) is 74.2 Å². The maximum atomic E-state index is 8.56. The van der Waals surface area contributed by atoms with E-state index in [2.05, 4.69) is 228 Å². The second kappa shape index (κ2) is 47.3. The first-order chi connectivity index (χ1) is 57.1. The average Bonchev–Trinajstić information content (AvgIpc) is 1.51. The SMILES string of the molecule is CC(O)CC(C)O.CC(O)CC(C)O.CC(O)CC(C)O.CC(O)CC(C)O.Cc1nccnc1-c1[c-]c2c3c(c1)CCCN3CCC2.Cc1nccnc1-c1[c-]cc2c(c1)C(C)(C)c1ccccc1-2.Cc1nccnc1-c1[c-]cc2c(c1)C1(c3ccccc3-c3ccccc31)c1ccccc1-2.Cc1nccnc1-c1[c-]cc2ccccc2c1.[Ir].[Ir].[Ir].[Ir]. The number of aryl methyl sites for hydroxylation is 6. The van der Waals surface area contributed by atoms with Crippen LogP contribution in [0.3, 0.4) is 0 Å². The van der Waals surface area contributed by atoms with E-state index >= 15 is 0 Å². The minimum Gasteiger partial charge on any atom is -0.410 e. The summed E-state index contributed by atoms with van der Waals surface area (Å²) < 4.78 is 0. The first-order valence-electron chi connectivity index (χ1n) is 41.4. The van der Waals surface area contributed by atoms with Crippen molar-refractivity contribution in [2.24, 2.45) is 0 Å². The average molecular weight is 2360 g/mol. The van der Waals surface area contributed by atoms with Gasteiger partial charge in [0.2, 0.25) is 0 Å². The minimum absolute atomic E-state index is 0. The zero-order chi connectivity index (χ0) is 85.2.